The van der Waals surface area contributed by atoms with Gasteiger partial charge in [-0.3, -0.25) is 9.48 Å². The summed E-state index contributed by atoms with van der Waals surface area (Å²) in [4.78, 5) is 23.1. The molecule has 1 aromatic heterocycles. The first kappa shape index (κ1) is 13.2. The van der Waals surface area contributed by atoms with E-state index in [9.17, 15) is 14.7 Å². The van der Waals surface area contributed by atoms with Crippen molar-refractivity contribution in [3.8, 4) is 0 Å². The summed E-state index contributed by atoms with van der Waals surface area (Å²) in [7, 11) is 1.70. The summed E-state index contributed by atoms with van der Waals surface area (Å²) in [6, 6.07) is 1.55. The summed E-state index contributed by atoms with van der Waals surface area (Å²) in [6.45, 7) is 3.46. The zero-order valence-electron chi connectivity index (χ0n) is 10.2. The van der Waals surface area contributed by atoms with Crippen molar-refractivity contribution >= 4 is 11.9 Å². The molecule has 6 heteroatoms. The highest BCUT2D eigenvalue weighted by atomic mass is 16.4. The van der Waals surface area contributed by atoms with Crippen LogP contribution in [0, 0.1) is 0 Å². The molecule has 0 bridgehead atoms. The minimum atomic E-state index is -1.21. The second kappa shape index (κ2) is 4.99. The van der Waals surface area contributed by atoms with Crippen LogP contribution in [0.15, 0.2) is 12.3 Å². The van der Waals surface area contributed by atoms with Crippen LogP contribution in [0.3, 0.4) is 0 Å². The number of rotatable bonds is 5. The highest BCUT2D eigenvalue weighted by molar-refractivity contribution is 5.96. The molecule has 0 aliphatic carbocycles. The Balaban J connectivity index is 2.88. The van der Waals surface area contributed by atoms with Gasteiger partial charge in [-0.2, -0.15) is 5.10 Å². The van der Waals surface area contributed by atoms with Gasteiger partial charge in [0.05, 0.1) is 0 Å². The number of carboxylic acid groups (broad SMARTS) is 1. The monoisotopic (exact) mass is 239 g/mol. The van der Waals surface area contributed by atoms with Crippen molar-refractivity contribution in [1.82, 2.24) is 15.1 Å². The predicted octanol–water partition coefficient (Wildman–Crippen LogP) is 0.793. The molecular weight excluding hydrogens is 222 g/mol. The quantitative estimate of drug-likeness (QED) is 0.795. The van der Waals surface area contributed by atoms with Crippen molar-refractivity contribution in [2.45, 2.75) is 32.2 Å². The number of nitrogens with one attached hydrogen (secondary N) is 1. The highest BCUT2D eigenvalue weighted by Crippen LogP contribution is 2.16. The van der Waals surface area contributed by atoms with E-state index in [0.29, 0.717) is 12.8 Å². The van der Waals surface area contributed by atoms with Crippen molar-refractivity contribution in [2.24, 2.45) is 7.05 Å². The molecular formula is C11H17N3O3. The van der Waals surface area contributed by atoms with E-state index in [-0.39, 0.29) is 5.69 Å². The van der Waals surface area contributed by atoms with Crippen molar-refractivity contribution in [1.29, 1.82) is 0 Å². The number of hydrogen-bond acceptors (Lipinski definition) is 3. The van der Waals surface area contributed by atoms with Crippen LogP contribution in [0.2, 0.25) is 0 Å². The van der Waals surface area contributed by atoms with Gasteiger partial charge in [0.2, 0.25) is 0 Å². The predicted molar refractivity (Wildman–Crippen MR) is 61.6 cm³/mol. The van der Waals surface area contributed by atoms with Gasteiger partial charge in [-0.05, 0) is 18.9 Å². The first-order valence-electron chi connectivity index (χ1n) is 5.50. The van der Waals surface area contributed by atoms with Gasteiger partial charge in [0.25, 0.3) is 5.91 Å². The van der Waals surface area contributed by atoms with Gasteiger partial charge in [-0.25, -0.2) is 4.79 Å². The van der Waals surface area contributed by atoms with Crippen molar-refractivity contribution in [3.05, 3.63) is 18.0 Å². The van der Waals surface area contributed by atoms with Gasteiger partial charge in [0.1, 0.15) is 11.2 Å². The standard InChI is InChI=1S/C11H17N3O3/c1-4-11(5-2,10(16)17)12-9(15)8-6-7-14(3)13-8/h6-7H,4-5H2,1-3H3,(H,12,15)(H,16,17). The Bertz CT molecular complexity index is 421. The Kier molecular flexibility index (Phi) is 3.88. The lowest BCUT2D eigenvalue weighted by molar-refractivity contribution is -0.144. The number of carbonyl (C=O) groups excluding carboxylic acids is 1. The summed E-state index contributed by atoms with van der Waals surface area (Å²) in [5, 5.41) is 15.7. The SMILES string of the molecule is CCC(CC)(NC(=O)c1ccn(C)n1)C(=O)O. The maximum atomic E-state index is 11.8. The van der Waals surface area contributed by atoms with Crippen molar-refractivity contribution in [2.75, 3.05) is 0 Å². The van der Waals surface area contributed by atoms with Gasteiger partial charge < -0.3 is 10.4 Å². The molecule has 0 radical (unpaired) electrons. The third kappa shape index (κ3) is 2.64. The lowest BCUT2D eigenvalue weighted by Gasteiger charge is -2.27. The van der Waals surface area contributed by atoms with Crippen LogP contribution in [0.25, 0.3) is 0 Å². The number of amides is 1. The van der Waals surface area contributed by atoms with E-state index in [1.807, 2.05) is 0 Å². The fraction of sp³-hybridized carbons (Fsp3) is 0.545. The summed E-state index contributed by atoms with van der Waals surface area (Å²) in [6.07, 6.45) is 2.30. The maximum Gasteiger partial charge on any atom is 0.329 e. The Morgan fingerprint density at radius 3 is 2.41 bits per heavy atom. The molecule has 0 aliphatic rings. The first-order valence-corrected chi connectivity index (χ1v) is 5.50. The van der Waals surface area contributed by atoms with E-state index in [1.165, 1.54) is 4.68 Å². The van der Waals surface area contributed by atoms with Gasteiger partial charge in [0, 0.05) is 13.2 Å². The number of carboxylic acids is 1. The van der Waals surface area contributed by atoms with Crippen molar-refractivity contribution in [3.63, 3.8) is 0 Å². The second-order valence-electron chi connectivity index (χ2n) is 3.92. The average Bonchev–Trinajstić information content (AvgIpc) is 2.72. The van der Waals surface area contributed by atoms with E-state index in [2.05, 4.69) is 10.4 Å². The van der Waals surface area contributed by atoms with Crippen LogP contribution >= 0.6 is 0 Å². The largest absolute Gasteiger partial charge is 0.480 e. The zero-order chi connectivity index (χ0) is 13.1. The fourth-order valence-corrected chi connectivity index (χ4v) is 1.60. The Labute approximate surface area is 99.6 Å². The molecule has 0 fully saturated rings. The summed E-state index contributed by atoms with van der Waals surface area (Å²) in [5.41, 5.74) is -0.991. The number of aryl methyl sites for hydroxylation is 1. The van der Waals surface area contributed by atoms with E-state index >= 15 is 0 Å². The number of nitrogens with zero attached hydrogens (tertiary/aromatic N) is 2. The van der Waals surface area contributed by atoms with Crippen LogP contribution in [0.4, 0.5) is 0 Å². The molecule has 1 heterocycles. The molecule has 1 rings (SSSR count). The Morgan fingerprint density at radius 1 is 1.47 bits per heavy atom. The van der Waals surface area contributed by atoms with E-state index in [0.717, 1.165) is 0 Å². The van der Waals surface area contributed by atoms with Crippen LogP contribution in [-0.2, 0) is 11.8 Å². The Hall–Kier alpha value is -1.85. The van der Waals surface area contributed by atoms with Gasteiger partial charge in [0.15, 0.2) is 0 Å². The van der Waals surface area contributed by atoms with Crippen LogP contribution in [0.5, 0.6) is 0 Å². The number of carbonyl (C=O) groups is 2. The van der Waals surface area contributed by atoms with Crippen LogP contribution < -0.4 is 5.32 Å². The van der Waals surface area contributed by atoms with Gasteiger partial charge >= 0.3 is 5.97 Å². The molecule has 17 heavy (non-hydrogen) atoms. The number of aromatic nitrogens is 2. The molecule has 0 unspecified atom stereocenters. The molecule has 0 aromatic carbocycles. The fourth-order valence-electron chi connectivity index (χ4n) is 1.60. The van der Waals surface area contributed by atoms with Gasteiger partial charge in [-0.15, -0.1) is 0 Å². The lowest BCUT2D eigenvalue weighted by Crippen LogP contribution is -2.53. The molecule has 0 spiro atoms. The summed E-state index contributed by atoms with van der Waals surface area (Å²) < 4.78 is 1.50. The summed E-state index contributed by atoms with van der Waals surface area (Å²) in [5.74, 6) is -1.48. The minimum Gasteiger partial charge on any atom is -0.480 e. The molecule has 0 aliphatic heterocycles. The third-order valence-electron chi connectivity index (χ3n) is 2.92. The second-order valence-corrected chi connectivity index (χ2v) is 3.92. The van der Waals surface area contributed by atoms with Gasteiger partial charge in [-0.1, -0.05) is 13.8 Å². The highest BCUT2D eigenvalue weighted by Gasteiger charge is 2.36. The molecule has 1 aromatic rings. The third-order valence-corrected chi connectivity index (χ3v) is 2.92. The molecule has 0 saturated carbocycles. The maximum absolute atomic E-state index is 11.8. The van der Waals surface area contributed by atoms with Crippen LogP contribution in [0.1, 0.15) is 37.2 Å². The Morgan fingerprint density at radius 2 is 2.06 bits per heavy atom. The van der Waals surface area contributed by atoms with E-state index in [4.69, 9.17) is 0 Å². The zero-order valence-corrected chi connectivity index (χ0v) is 10.2. The van der Waals surface area contributed by atoms with E-state index in [1.54, 1.807) is 33.2 Å². The molecule has 0 atom stereocenters. The lowest BCUT2D eigenvalue weighted by atomic mass is 9.93. The van der Waals surface area contributed by atoms with E-state index < -0.39 is 17.4 Å². The average molecular weight is 239 g/mol. The first-order chi connectivity index (χ1) is 7.95. The smallest absolute Gasteiger partial charge is 0.329 e. The molecule has 6 nitrogen and oxygen atoms in total. The number of aliphatic carboxylic acids is 1. The molecule has 0 saturated heterocycles. The van der Waals surface area contributed by atoms with Crippen LogP contribution in [-0.4, -0.2) is 32.3 Å². The minimum absolute atomic E-state index is 0.222. The molecule has 1 amide bonds. The normalized spacial score (nSPS) is 11.2. The summed E-state index contributed by atoms with van der Waals surface area (Å²) >= 11 is 0. The number of hydrogen-bond donors (Lipinski definition) is 2. The molecule has 2 N–H and O–H groups in total. The van der Waals surface area contributed by atoms with Crippen molar-refractivity contribution < 1.29 is 14.7 Å². The molecule has 94 valence electrons. The topological polar surface area (TPSA) is 84.2 Å².